The lowest BCUT2D eigenvalue weighted by Gasteiger charge is -2.18. The Morgan fingerprint density at radius 1 is 1.13 bits per heavy atom. The summed E-state index contributed by atoms with van der Waals surface area (Å²) in [7, 11) is 3.13. The maximum Gasteiger partial charge on any atom is 0.253 e. The zero-order valence-corrected chi connectivity index (χ0v) is 14.1. The number of benzene rings is 2. The summed E-state index contributed by atoms with van der Waals surface area (Å²) in [4.78, 5) is 12.0. The Balaban J connectivity index is 2.20. The van der Waals surface area contributed by atoms with E-state index in [1.54, 1.807) is 7.05 Å². The molecular weight excluding hydrogens is 290 g/mol. The molecule has 0 radical (unpaired) electrons. The Hall–Kier alpha value is -2.33. The van der Waals surface area contributed by atoms with Crippen molar-refractivity contribution in [3.8, 4) is 5.75 Å². The fraction of sp³-hybridized carbons (Fsp3) is 0.316. The molecule has 2 aromatic rings. The number of amides is 1. The van der Waals surface area contributed by atoms with E-state index in [0.29, 0.717) is 6.61 Å². The lowest BCUT2D eigenvalue weighted by Crippen LogP contribution is -2.27. The maximum absolute atomic E-state index is 12.0. The number of ether oxygens (including phenoxy) is 2. The van der Waals surface area contributed by atoms with E-state index in [2.05, 4.69) is 19.2 Å². The first-order chi connectivity index (χ1) is 11.1. The van der Waals surface area contributed by atoms with Crippen LogP contribution in [-0.4, -0.2) is 20.1 Å². The predicted molar refractivity (Wildman–Crippen MR) is 90.5 cm³/mol. The van der Waals surface area contributed by atoms with Gasteiger partial charge in [0.1, 0.15) is 12.4 Å². The van der Waals surface area contributed by atoms with Gasteiger partial charge in [-0.1, -0.05) is 30.3 Å². The fourth-order valence-corrected chi connectivity index (χ4v) is 2.39. The molecule has 0 heterocycles. The van der Waals surface area contributed by atoms with Crippen LogP contribution in [0.3, 0.4) is 0 Å². The van der Waals surface area contributed by atoms with Gasteiger partial charge in [-0.3, -0.25) is 4.79 Å². The molecule has 0 spiro atoms. The molecular formula is C19H23NO3. The molecule has 4 nitrogen and oxygen atoms in total. The van der Waals surface area contributed by atoms with Gasteiger partial charge < -0.3 is 14.8 Å². The van der Waals surface area contributed by atoms with E-state index >= 15 is 0 Å². The molecule has 122 valence electrons. The second kappa shape index (κ2) is 7.79. The molecule has 0 aliphatic rings. The van der Waals surface area contributed by atoms with Gasteiger partial charge in [-0.05, 0) is 48.2 Å². The molecule has 0 aliphatic carbocycles. The lowest BCUT2D eigenvalue weighted by atomic mass is 10.0. The molecule has 0 saturated carbocycles. The van der Waals surface area contributed by atoms with Crippen LogP contribution in [0.1, 0.15) is 28.4 Å². The third kappa shape index (κ3) is 4.11. The topological polar surface area (TPSA) is 47.6 Å². The van der Waals surface area contributed by atoms with Gasteiger partial charge in [0.15, 0.2) is 6.10 Å². The summed E-state index contributed by atoms with van der Waals surface area (Å²) in [6.45, 7) is 4.51. The number of aryl methyl sites for hydroxylation is 2. The Morgan fingerprint density at radius 3 is 2.52 bits per heavy atom. The third-order valence-electron chi connectivity index (χ3n) is 3.93. The van der Waals surface area contributed by atoms with Crippen LogP contribution in [0, 0.1) is 13.8 Å². The summed E-state index contributed by atoms with van der Waals surface area (Å²) in [6, 6.07) is 13.7. The summed E-state index contributed by atoms with van der Waals surface area (Å²) in [5.74, 6) is 0.642. The SMILES string of the molecule is CNC(=O)C(OC)c1ccccc1COc1ccc(C)c(C)c1. The van der Waals surface area contributed by atoms with E-state index in [1.165, 1.54) is 18.2 Å². The van der Waals surface area contributed by atoms with Gasteiger partial charge in [0.25, 0.3) is 5.91 Å². The number of likely N-dealkylation sites (N-methyl/N-ethyl adjacent to an activating group) is 1. The number of carbonyl (C=O) groups is 1. The molecule has 1 N–H and O–H groups in total. The average Bonchev–Trinajstić information content (AvgIpc) is 2.57. The summed E-state index contributed by atoms with van der Waals surface area (Å²) < 4.78 is 11.2. The summed E-state index contributed by atoms with van der Waals surface area (Å²) in [5.41, 5.74) is 4.17. The number of nitrogens with one attached hydrogen (secondary N) is 1. The van der Waals surface area contributed by atoms with Crippen LogP contribution in [0.25, 0.3) is 0 Å². The Labute approximate surface area is 137 Å². The minimum absolute atomic E-state index is 0.175. The van der Waals surface area contributed by atoms with Crippen molar-refractivity contribution in [2.24, 2.45) is 0 Å². The van der Waals surface area contributed by atoms with Crippen LogP contribution in [0.4, 0.5) is 0 Å². The number of hydrogen-bond acceptors (Lipinski definition) is 3. The highest BCUT2D eigenvalue weighted by atomic mass is 16.5. The van der Waals surface area contributed by atoms with Gasteiger partial charge in [-0.2, -0.15) is 0 Å². The van der Waals surface area contributed by atoms with E-state index in [9.17, 15) is 4.79 Å². The van der Waals surface area contributed by atoms with Crippen LogP contribution in [0.5, 0.6) is 5.75 Å². The van der Waals surface area contributed by atoms with Crippen LogP contribution in [0.15, 0.2) is 42.5 Å². The second-order valence-corrected chi connectivity index (χ2v) is 5.46. The minimum Gasteiger partial charge on any atom is -0.489 e. The third-order valence-corrected chi connectivity index (χ3v) is 3.93. The highest BCUT2D eigenvalue weighted by Crippen LogP contribution is 2.24. The summed E-state index contributed by atoms with van der Waals surface area (Å²) in [6.07, 6.45) is -0.639. The molecule has 0 aliphatic heterocycles. The van der Waals surface area contributed by atoms with Crippen molar-refractivity contribution in [3.05, 3.63) is 64.7 Å². The van der Waals surface area contributed by atoms with Gasteiger partial charge >= 0.3 is 0 Å². The number of rotatable bonds is 6. The smallest absolute Gasteiger partial charge is 0.253 e. The van der Waals surface area contributed by atoms with Crippen molar-refractivity contribution in [2.45, 2.75) is 26.6 Å². The molecule has 2 rings (SSSR count). The maximum atomic E-state index is 12.0. The fourth-order valence-electron chi connectivity index (χ4n) is 2.39. The Kier molecular flexibility index (Phi) is 5.77. The Morgan fingerprint density at radius 2 is 1.87 bits per heavy atom. The van der Waals surface area contributed by atoms with E-state index in [-0.39, 0.29) is 5.91 Å². The van der Waals surface area contributed by atoms with Crippen molar-refractivity contribution >= 4 is 5.91 Å². The van der Waals surface area contributed by atoms with Gasteiger partial charge in [-0.25, -0.2) is 0 Å². The normalized spacial score (nSPS) is 11.8. The highest BCUT2D eigenvalue weighted by molar-refractivity contribution is 5.82. The van der Waals surface area contributed by atoms with Crippen LogP contribution in [-0.2, 0) is 16.1 Å². The van der Waals surface area contributed by atoms with Crippen molar-refractivity contribution < 1.29 is 14.3 Å². The van der Waals surface area contributed by atoms with E-state index in [4.69, 9.17) is 9.47 Å². The number of carbonyl (C=O) groups excluding carboxylic acids is 1. The zero-order chi connectivity index (χ0) is 16.8. The van der Waals surface area contributed by atoms with E-state index in [0.717, 1.165) is 16.9 Å². The molecule has 0 aromatic heterocycles. The molecule has 0 bridgehead atoms. The zero-order valence-electron chi connectivity index (χ0n) is 14.1. The summed E-state index contributed by atoms with van der Waals surface area (Å²) in [5, 5.41) is 2.62. The van der Waals surface area contributed by atoms with E-state index < -0.39 is 6.10 Å². The van der Waals surface area contributed by atoms with Crippen molar-refractivity contribution in [3.63, 3.8) is 0 Å². The van der Waals surface area contributed by atoms with Gasteiger partial charge in [0.2, 0.25) is 0 Å². The van der Waals surface area contributed by atoms with Crippen LogP contribution >= 0.6 is 0 Å². The lowest BCUT2D eigenvalue weighted by molar-refractivity contribution is -0.130. The molecule has 0 fully saturated rings. The Bertz CT molecular complexity index is 682. The average molecular weight is 313 g/mol. The molecule has 1 unspecified atom stereocenters. The number of methoxy groups -OCH3 is 1. The first-order valence-corrected chi connectivity index (χ1v) is 7.59. The quantitative estimate of drug-likeness (QED) is 0.890. The molecule has 23 heavy (non-hydrogen) atoms. The predicted octanol–water partition coefficient (Wildman–Crippen LogP) is 3.32. The minimum atomic E-state index is -0.639. The standard InChI is InChI=1S/C19H23NO3/c1-13-9-10-16(11-14(13)2)23-12-15-7-5-6-8-17(15)18(22-4)19(21)20-3/h5-11,18H,12H2,1-4H3,(H,20,21). The van der Waals surface area contributed by atoms with Crippen molar-refractivity contribution in [1.29, 1.82) is 0 Å². The first-order valence-electron chi connectivity index (χ1n) is 7.59. The van der Waals surface area contributed by atoms with Crippen LogP contribution in [0.2, 0.25) is 0 Å². The monoisotopic (exact) mass is 313 g/mol. The number of hydrogen-bond donors (Lipinski definition) is 1. The van der Waals surface area contributed by atoms with Gasteiger partial charge in [-0.15, -0.1) is 0 Å². The molecule has 1 amide bonds. The van der Waals surface area contributed by atoms with Crippen LogP contribution < -0.4 is 10.1 Å². The van der Waals surface area contributed by atoms with Gasteiger partial charge in [0, 0.05) is 14.2 Å². The highest BCUT2D eigenvalue weighted by Gasteiger charge is 2.21. The molecule has 4 heteroatoms. The van der Waals surface area contributed by atoms with Crippen molar-refractivity contribution in [1.82, 2.24) is 5.32 Å². The van der Waals surface area contributed by atoms with Crippen molar-refractivity contribution in [2.75, 3.05) is 14.2 Å². The summed E-state index contributed by atoms with van der Waals surface area (Å²) >= 11 is 0. The first kappa shape index (κ1) is 17.0. The molecule has 1 atom stereocenters. The second-order valence-electron chi connectivity index (χ2n) is 5.46. The van der Waals surface area contributed by atoms with Gasteiger partial charge in [0.05, 0.1) is 0 Å². The largest absolute Gasteiger partial charge is 0.489 e. The molecule has 0 saturated heterocycles. The molecule has 2 aromatic carbocycles. The van der Waals surface area contributed by atoms with E-state index in [1.807, 2.05) is 42.5 Å².